The fraction of sp³-hybridized carbons (Fsp3) is 0.0513. The first-order valence-electron chi connectivity index (χ1n) is 29.2. The highest BCUT2D eigenvalue weighted by Crippen LogP contribution is 2.53. The summed E-state index contributed by atoms with van der Waals surface area (Å²) in [7, 11) is 0. The smallest absolute Gasteiger partial charge is 0.258 e. The molecule has 2 aliphatic rings. The third-order valence-corrected chi connectivity index (χ3v) is 19.2. The molecule has 6 nitrogen and oxygen atoms in total. The van der Waals surface area contributed by atoms with Gasteiger partial charge in [0, 0.05) is 76.0 Å². The standard InChI is InChI=1S/C78H50BN5OS/c1-78(2,3)53-33-31-49(32-34-53)52-41-68-74-71(42-52)85-70-43-54(82-63-26-13-10-21-57(63)60-39-47(45-80)29-37-65(60)82)35-36-62(70)79(74)75-69(84(68)76-55(50-17-6-4-7-18-50)24-16-25-56(76)51-19-8-5-9-20-51)44-67(73-59-23-12-15-28-72(59)86-77(73)75)83-64-27-14-11-22-58(64)61-40-48(46-81)30-38-66(61)83/h4-44H,1-3H3. The molecule has 0 fully saturated rings. The van der Waals surface area contributed by atoms with Gasteiger partial charge in [0.15, 0.2) is 0 Å². The van der Waals surface area contributed by atoms with E-state index in [-0.39, 0.29) is 12.1 Å². The van der Waals surface area contributed by atoms with Crippen LogP contribution in [-0.4, -0.2) is 15.8 Å². The van der Waals surface area contributed by atoms with Gasteiger partial charge in [-0.2, -0.15) is 10.5 Å². The normalized spacial score (nSPS) is 12.6. The van der Waals surface area contributed by atoms with Crippen molar-refractivity contribution < 1.29 is 4.74 Å². The number of fused-ring (bicyclic) bond motifs is 14. The number of hydrogen-bond acceptors (Lipinski definition) is 5. The first kappa shape index (κ1) is 49.7. The van der Waals surface area contributed by atoms with Crippen LogP contribution in [-0.2, 0) is 5.41 Å². The minimum absolute atomic E-state index is 0.0357. The van der Waals surface area contributed by atoms with Crippen LogP contribution in [0.15, 0.2) is 249 Å². The number of anilines is 3. The Bertz CT molecular complexity index is 5400. The molecule has 5 heterocycles. The molecule has 0 saturated carbocycles. The van der Waals surface area contributed by atoms with E-state index in [2.05, 4.69) is 271 Å². The molecule has 3 aromatic heterocycles. The number of rotatable bonds is 6. The number of para-hydroxylation sites is 3. The van der Waals surface area contributed by atoms with Gasteiger partial charge in [0.05, 0.1) is 56.7 Å². The minimum Gasteiger partial charge on any atom is -0.458 e. The molecule has 0 atom stereocenters. The lowest BCUT2D eigenvalue weighted by Crippen LogP contribution is -2.59. The van der Waals surface area contributed by atoms with Crippen molar-refractivity contribution >= 4 is 115 Å². The third kappa shape index (κ3) is 7.37. The lowest BCUT2D eigenvalue weighted by atomic mass is 9.34. The maximum atomic E-state index is 10.3. The van der Waals surface area contributed by atoms with E-state index < -0.39 is 0 Å². The Balaban J connectivity index is 1.04. The quantitative estimate of drug-likeness (QED) is 0.156. The number of ether oxygens (including phenoxy) is 1. The topological polar surface area (TPSA) is 69.9 Å². The summed E-state index contributed by atoms with van der Waals surface area (Å²) >= 11 is 1.86. The summed E-state index contributed by atoms with van der Waals surface area (Å²) in [6.45, 7) is 6.51. The molecule has 12 aromatic carbocycles. The van der Waals surface area contributed by atoms with Gasteiger partial charge in [0.25, 0.3) is 6.71 Å². The van der Waals surface area contributed by atoms with Crippen molar-refractivity contribution in [3.8, 4) is 68.4 Å². The number of thiophene rings is 1. The summed E-state index contributed by atoms with van der Waals surface area (Å²) in [4.78, 5) is 2.59. The molecule has 8 heteroatoms. The van der Waals surface area contributed by atoms with Crippen LogP contribution in [0.2, 0.25) is 0 Å². The third-order valence-electron chi connectivity index (χ3n) is 18.0. The van der Waals surface area contributed by atoms with Crippen LogP contribution in [0, 0.1) is 22.7 Å². The average Bonchev–Trinajstić information content (AvgIpc) is 0.998. The summed E-state index contributed by atoms with van der Waals surface area (Å²) in [6.07, 6.45) is 0. The number of benzene rings is 12. The van der Waals surface area contributed by atoms with Gasteiger partial charge < -0.3 is 18.8 Å². The molecule has 0 saturated heterocycles. The van der Waals surface area contributed by atoms with Gasteiger partial charge in [-0.05, 0) is 128 Å². The highest BCUT2D eigenvalue weighted by Gasteiger charge is 2.45. The van der Waals surface area contributed by atoms with Crippen LogP contribution in [0.4, 0.5) is 17.1 Å². The molecule has 2 aliphatic heterocycles. The molecule has 86 heavy (non-hydrogen) atoms. The summed E-state index contributed by atoms with van der Waals surface area (Å²) in [6, 6.07) is 94.5. The Morgan fingerprint density at radius 1 is 0.430 bits per heavy atom. The second-order valence-electron chi connectivity index (χ2n) is 23.8. The van der Waals surface area contributed by atoms with E-state index >= 15 is 0 Å². The molecule has 0 unspecified atom stereocenters. The van der Waals surface area contributed by atoms with Gasteiger partial charge >= 0.3 is 0 Å². The average molecular weight is 1120 g/mol. The summed E-state index contributed by atoms with van der Waals surface area (Å²) in [5.74, 6) is 1.59. The van der Waals surface area contributed by atoms with Crippen molar-refractivity contribution in [1.29, 1.82) is 10.5 Å². The van der Waals surface area contributed by atoms with E-state index in [0.717, 1.165) is 128 Å². The fourth-order valence-corrected chi connectivity index (χ4v) is 15.4. The van der Waals surface area contributed by atoms with Gasteiger partial charge in [0.2, 0.25) is 0 Å². The summed E-state index contributed by atoms with van der Waals surface area (Å²) in [5.41, 5.74) is 21.7. The SMILES string of the molecule is CC(C)(C)c1ccc(-c2cc3c4c(c2)N(c2c(-c5ccccc5)cccc2-c2ccccc2)c2cc(-n5c6ccccc6c6cc(C#N)ccc65)c5c(sc6ccccc65)c2B4c2ccc(-n4c5ccccc5c5cc(C#N)ccc54)cc2O3)cc1. The molecular weight excluding hydrogens is 1070 g/mol. The zero-order valence-corrected chi connectivity index (χ0v) is 48.1. The Labute approximate surface area is 501 Å². The first-order valence-corrected chi connectivity index (χ1v) is 30.0. The van der Waals surface area contributed by atoms with Gasteiger partial charge in [-0.1, -0.05) is 185 Å². The maximum Gasteiger partial charge on any atom is 0.258 e. The highest BCUT2D eigenvalue weighted by atomic mass is 32.1. The van der Waals surface area contributed by atoms with Gasteiger partial charge in [-0.25, -0.2) is 0 Å². The number of aromatic nitrogens is 2. The predicted molar refractivity (Wildman–Crippen MR) is 358 cm³/mol. The largest absolute Gasteiger partial charge is 0.458 e. The van der Waals surface area contributed by atoms with E-state index in [1.807, 2.05) is 35.6 Å². The lowest BCUT2D eigenvalue weighted by molar-refractivity contribution is 0.487. The Kier molecular flexibility index (Phi) is 10.9. The molecule has 0 amide bonds. The van der Waals surface area contributed by atoms with Crippen LogP contribution in [0.5, 0.6) is 11.5 Å². The zero-order chi connectivity index (χ0) is 57.5. The zero-order valence-electron chi connectivity index (χ0n) is 47.3. The summed E-state index contributed by atoms with van der Waals surface area (Å²) in [5, 5.41) is 27.0. The Morgan fingerprint density at radius 2 is 1.00 bits per heavy atom. The van der Waals surface area contributed by atoms with E-state index in [1.165, 1.54) is 31.2 Å². The minimum atomic E-state index is -0.289. The Morgan fingerprint density at radius 3 is 1.64 bits per heavy atom. The van der Waals surface area contributed by atoms with Crippen molar-refractivity contribution in [3.05, 3.63) is 265 Å². The van der Waals surface area contributed by atoms with Gasteiger partial charge in [-0.15, -0.1) is 11.3 Å². The summed E-state index contributed by atoms with van der Waals surface area (Å²) < 4.78 is 14.8. The predicted octanol–water partition coefficient (Wildman–Crippen LogP) is 18.7. The van der Waals surface area contributed by atoms with Crippen LogP contribution in [0.25, 0.3) is 109 Å². The van der Waals surface area contributed by atoms with Crippen molar-refractivity contribution in [2.45, 2.75) is 26.2 Å². The first-order chi connectivity index (χ1) is 42.2. The molecule has 17 rings (SSSR count). The van der Waals surface area contributed by atoms with E-state index in [9.17, 15) is 10.5 Å². The fourth-order valence-electron chi connectivity index (χ4n) is 14.1. The maximum absolute atomic E-state index is 10.3. The molecule has 15 aromatic rings. The lowest BCUT2D eigenvalue weighted by Gasteiger charge is -2.42. The van der Waals surface area contributed by atoms with Crippen molar-refractivity contribution in [3.63, 3.8) is 0 Å². The second-order valence-corrected chi connectivity index (χ2v) is 24.8. The van der Waals surface area contributed by atoms with Crippen LogP contribution in [0.1, 0.15) is 37.5 Å². The molecule has 0 aliphatic carbocycles. The molecule has 0 N–H and O–H groups in total. The van der Waals surface area contributed by atoms with Crippen LogP contribution < -0.4 is 26.0 Å². The molecule has 0 spiro atoms. The van der Waals surface area contributed by atoms with E-state index in [1.54, 1.807) is 0 Å². The van der Waals surface area contributed by atoms with E-state index in [4.69, 9.17) is 4.74 Å². The van der Waals surface area contributed by atoms with Crippen molar-refractivity contribution in [1.82, 2.24) is 9.13 Å². The number of nitriles is 2. The Hall–Kier alpha value is -10.9. The van der Waals surface area contributed by atoms with Gasteiger partial charge in [-0.3, -0.25) is 0 Å². The highest BCUT2D eigenvalue weighted by molar-refractivity contribution is 7.28. The van der Waals surface area contributed by atoms with Crippen molar-refractivity contribution in [2.24, 2.45) is 0 Å². The monoisotopic (exact) mass is 1120 g/mol. The second kappa shape index (κ2) is 18.8. The molecule has 0 bridgehead atoms. The van der Waals surface area contributed by atoms with Crippen LogP contribution >= 0.6 is 11.3 Å². The van der Waals surface area contributed by atoms with Crippen LogP contribution in [0.3, 0.4) is 0 Å². The number of nitrogens with zero attached hydrogens (tertiary/aromatic N) is 5. The molecule has 0 radical (unpaired) electrons. The van der Waals surface area contributed by atoms with Crippen molar-refractivity contribution in [2.75, 3.05) is 4.90 Å². The molecule has 402 valence electrons. The van der Waals surface area contributed by atoms with Gasteiger partial charge in [0.1, 0.15) is 11.5 Å². The van der Waals surface area contributed by atoms with E-state index in [0.29, 0.717) is 11.1 Å². The number of hydrogen-bond donors (Lipinski definition) is 0. The molecular formula is C78H50BN5OS.